The number of amides is 1. The third-order valence-corrected chi connectivity index (χ3v) is 3.39. The Kier molecular flexibility index (Phi) is 6.47. The lowest BCUT2D eigenvalue weighted by Crippen LogP contribution is -2.53. The number of carbonyl (C=O) groups excluding carboxylic acids is 1. The van der Waals surface area contributed by atoms with Crippen LogP contribution in [0.25, 0.3) is 0 Å². The van der Waals surface area contributed by atoms with Gasteiger partial charge in [-0.3, -0.25) is 9.69 Å². The second-order valence-electron chi connectivity index (χ2n) is 5.02. The number of nitrogens with one attached hydrogen (secondary N) is 1. The van der Waals surface area contributed by atoms with Crippen LogP contribution in [0.3, 0.4) is 0 Å². The van der Waals surface area contributed by atoms with Gasteiger partial charge in [-0.15, -0.1) is 0 Å². The van der Waals surface area contributed by atoms with E-state index in [0.717, 1.165) is 45.6 Å². The molecule has 5 heteroatoms. The molecule has 1 aliphatic rings. The number of hydrogen-bond donors (Lipinski definition) is 2. The number of carbonyl (C=O) groups is 1. The summed E-state index contributed by atoms with van der Waals surface area (Å²) in [6.45, 7) is 5.43. The normalized spacial score (nSPS) is 22.8. The highest BCUT2D eigenvalue weighted by molar-refractivity contribution is 5.73. The van der Waals surface area contributed by atoms with Crippen molar-refractivity contribution in [3.05, 3.63) is 0 Å². The molecule has 0 saturated carbocycles. The molecule has 1 saturated heterocycles. The molecule has 17 heavy (non-hydrogen) atoms. The van der Waals surface area contributed by atoms with E-state index in [1.807, 2.05) is 0 Å². The molecule has 5 nitrogen and oxygen atoms in total. The van der Waals surface area contributed by atoms with Gasteiger partial charge < -0.3 is 16.0 Å². The van der Waals surface area contributed by atoms with Gasteiger partial charge in [-0.25, -0.2) is 0 Å². The van der Waals surface area contributed by atoms with Crippen molar-refractivity contribution in [3.63, 3.8) is 0 Å². The van der Waals surface area contributed by atoms with Crippen LogP contribution in [0, 0.1) is 0 Å². The third-order valence-electron chi connectivity index (χ3n) is 3.39. The molecule has 1 unspecified atom stereocenters. The summed E-state index contributed by atoms with van der Waals surface area (Å²) in [6, 6.07) is 0.602. The Labute approximate surface area is 104 Å². The van der Waals surface area contributed by atoms with E-state index in [9.17, 15) is 4.79 Å². The second kappa shape index (κ2) is 7.63. The van der Waals surface area contributed by atoms with Gasteiger partial charge in [-0.1, -0.05) is 0 Å². The number of nitrogens with zero attached hydrogens (tertiary/aromatic N) is 2. The molecule has 0 radical (unpaired) electrons. The van der Waals surface area contributed by atoms with Crippen molar-refractivity contribution in [2.75, 3.05) is 46.8 Å². The SMILES string of the molecule is CN1CCN(C)C(CNCCCCC(N)=O)C1. The Morgan fingerprint density at radius 3 is 2.82 bits per heavy atom. The maximum Gasteiger partial charge on any atom is 0.217 e. The number of hydrogen-bond acceptors (Lipinski definition) is 4. The standard InChI is InChI=1S/C12H26N4O/c1-15-7-8-16(2)11(10-15)9-14-6-4-3-5-12(13)17/h11,14H,3-10H2,1-2H3,(H2,13,17). The smallest absolute Gasteiger partial charge is 0.217 e. The lowest BCUT2D eigenvalue weighted by atomic mass is 10.2. The van der Waals surface area contributed by atoms with Crippen LogP contribution in [0.2, 0.25) is 0 Å². The lowest BCUT2D eigenvalue weighted by molar-refractivity contribution is -0.118. The maximum atomic E-state index is 10.5. The quantitative estimate of drug-likeness (QED) is 0.590. The fourth-order valence-corrected chi connectivity index (χ4v) is 2.14. The van der Waals surface area contributed by atoms with Gasteiger partial charge in [-0.2, -0.15) is 0 Å². The molecular weight excluding hydrogens is 216 g/mol. The van der Waals surface area contributed by atoms with Crippen molar-refractivity contribution in [3.8, 4) is 0 Å². The largest absolute Gasteiger partial charge is 0.370 e. The summed E-state index contributed by atoms with van der Waals surface area (Å²) in [7, 11) is 4.36. The molecular formula is C12H26N4O. The third kappa shape index (κ3) is 6.00. The Morgan fingerprint density at radius 2 is 2.12 bits per heavy atom. The van der Waals surface area contributed by atoms with Crippen molar-refractivity contribution >= 4 is 5.91 Å². The van der Waals surface area contributed by atoms with Crippen molar-refractivity contribution in [1.82, 2.24) is 15.1 Å². The first kappa shape index (κ1) is 14.4. The molecule has 100 valence electrons. The fourth-order valence-electron chi connectivity index (χ4n) is 2.14. The number of rotatable bonds is 7. The molecule has 1 aliphatic heterocycles. The van der Waals surface area contributed by atoms with E-state index >= 15 is 0 Å². The highest BCUT2D eigenvalue weighted by atomic mass is 16.1. The molecule has 1 fully saturated rings. The highest BCUT2D eigenvalue weighted by Gasteiger charge is 2.21. The van der Waals surface area contributed by atoms with Crippen LogP contribution in [-0.2, 0) is 4.79 Å². The molecule has 0 aromatic heterocycles. The average Bonchev–Trinajstić information content (AvgIpc) is 2.27. The number of nitrogens with two attached hydrogens (primary N) is 1. The van der Waals surface area contributed by atoms with E-state index in [0.29, 0.717) is 12.5 Å². The predicted octanol–water partition coefficient (Wildman–Crippen LogP) is -0.523. The minimum Gasteiger partial charge on any atom is -0.370 e. The Balaban J connectivity index is 2.03. The van der Waals surface area contributed by atoms with Crippen molar-refractivity contribution in [2.24, 2.45) is 5.73 Å². The van der Waals surface area contributed by atoms with Crippen LogP contribution in [0.4, 0.5) is 0 Å². The van der Waals surface area contributed by atoms with Gasteiger partial charge in [0.25, 0.3) is 0 Å². The molecule has 0 spiro atoms. The molecule has 1 heterocycles. The van der Waals surface area contributed by atoms with Gasteiger partial charge in [0.1, 0.15) is 0 Å². The van der Waals surface area contributed by atoms with Gasteiger partial charge >= 0.3 is 0 Å². The van der Waals surface area contributed by atoms with E-state index < -0.39 is 0 Å². The summed E-state index contributed by atoms with van der Waals surface area (Å²) in [5, 5.41) is 3.46. The van der Waals surface area contributed by atoms with Gasteiger partial charge in [0.15, 0.2) is 0 Å². The van der Waals surface area contributed by atoms with Crippen LogP contribution in [-0.4, -0.2) is 68.6 Å². The predicted molar refractivity (Wildman–Crippen MR) is 69.8 cm³/mol. The van der Waals surface area contributed by atoms with Crippen molar-refractivity contribution in [1.29, 1.82) is 0 Å². The topological polar surface area (TPSA) is 61.6 Å². The zero-order valence-corrected chi connectivity index (χ0v) is 11.1. The zero-order chi connectivity index (χ0) is 12.7. The molecule has 1 rings (SSSR count). The molecule has 3 N–H and O–H groups in total. The van der Waals surface area contributed by atoms with Crippen LogP contribution in [0.15, 0.2) is 0 Å². The lowest BCUT2D eigenvalue weighted by Gasteiger charge is -2.37. The minimum absolute atomic E-state index is 0.196. The van der Waals surface area contributed by atoms with Crippen LogP contribution in [0.1, 0.15) is 19.3 Å². The van der Waals surface area contributed by atoms with Gasteiger partial charge in [-0.05, 0) is 33.5 Å². The van der Waals surface area contributed by atoms with E-state index in [2.05, 4.69) is 29.2 Å². The summed E-state index contributed by atoms with van der Waals surface area (Å²) in [5.41, 5.74) is 5.09. The van der Waals surface area contributed by atoms with Crippen LogP contribution >= 0.6 is 0 Å². The zero-order valence-electron chi connectivity index (χ0n) is 11.1. The Morgan fingerprint density at radius 1 is 1.35 bits per heavy atom. The van der Waals surface area contributed by atoms with Crippen molar-refractivity contribution < 1.29 is 4.79 Å². The summed E-state index contributed by atoms with van der Waals surface area (Å²) in [6.07, 6.45) is 2.42. The summed E-state index contributed by atoms with van der Waals surface area (Å²) >= 11 is 0. The maximum absolute atomic E-state index is 10.5. The fraction of sp³-hybridized carbons (Fsp3) is 0.917. The monoisotopic (exact) mass is 242 g/mol. The first-order valence-corrected chi connectivity index (χ1v) is 6.47. The first-order valence-electron chi connectivity index (χ1n) is 6.47. The summed E-state index contributed by atoms with van der Waals surface area (Å²) in [5.74, 6) is -0.196. The van der Waals surface area contributed by atoms with Gasteiger partial charge in [0.05, 0.1) is 0 Å². The van der Waals surface area contributed by atoms with E-state index in [1.165, 1.54) is 0 Å². The van der Waals surface area contributed by atoms with E-state index in [4.69, 9.17) is 5.73 Å². The number of likely N-dealkylation sites (N-methyl/N-ethyl adjacent to an activating group) is 2. The Hall–Kier alpha value is -0.650. The van der Waals surface area contributed by atoms with Gasteiger partial charge in [0.2, 0.25) is 5.91 Å². The molecule has 0 aliphatic carbocycles. The Bertz CT molecular complexity index is 235. The summed E-state index contributed by atoms with van der Waals surface area (Å²) in [4.78, 5) is 15.3. The van der Waals surface area contributed by atoms with Crippen LogP contribution < -0.4 is 11.1 Å². The minimum atomic E-state index is -0.196. The number of piperazine rings is 1. The molecule has 0 aromatic carbocycles. The van der Waals surface area contributed by atoms with Crippen molar-refractivity contribution in [2.45, 2.75) is 25.3 Å². The second-order valence-corrected chi connectivity index (χ2v) is 5.02. The molecule has 1 amide bonds. The van der Waals surface area contributed by atoms with E-state index in [-0.39, 0.29) is 5.91 Å². The molecule has 0 bridgehead atoms. The average molecular weight is 242 g/mol. The number of primary amides is 1. The molecule has 1 atom stereocenters. The number of unbranched alkanes of at least 4 members (excludes halogenated alkanes) is 1. The highest BCUT2D eigenvalue weighted by Crippen LogP contribution is 2.04. The van der Waals surface area contributed by atoms with E-state index in [1.54, 1.807) is 0 Å². The molecule has 0 aromatic rings. The first-order chi connectivity index (χ1) is 8.09. The van der Waals surface area contributed by atoms with Gasteiger partial charge in [0, 0.05) is 38.6 Å². The summed E-state index contributed by atoms with van der Waals surface area (Å²) < 4.78 is 0. The van der Waals surface area contributed by atoms with Crippen LogP contribution in [0.5, 0.6) is 0 Å².